The molecule has 0 spiro atoms. The fraction of sp³-hybridized carbons (Fsp3) is 0.111. The molecule has 0 bridgehead atoms. The molecule has 0 unspecified atom stereocenters. The molecule has 10 heavy (non-hydrogen) atoms. The van der Waals surface area contributed by atoms with Gasteiger partial charge in [-0.2, -0.15) is 0 Å². The SMILES string of the molecule is C=CC1=CC=CC=C(I)C1. The van der Waals surface area contributed by atoms with E-state index < -0.39 is 0 Å². The maximum Gasteiger partial charge on any atom is 0.00323 e. The Hall–Kier alpha value is -0.310. The second-order valence-electron chi connectivity index (χ2n) is 2.12. The van der Waals surface area contributed by atoms with Crippen molar-refractivity contribution in [2.75, 3.05) is 0 Å². The van der Waals surface area contributed by atoms with Crippen LogP contribution in [0.2, 0.25) is 0 Å². The van der Waals surface area contributed by atoms with Gasteiger partial charge in [0, 0.05) is 6.42 Å². The van der Waals surface area contributed by atoms with Crippen molar-refractivity contribution in [3.05, 3.63) is 46.1 Å². The first kappa shape index (κ1) is 7.79. The van der Waals surface area contributed by atoms with Crippen molar-refractivity contribution in [1.29, 1.82) is 0 Å². The van der Waals surface area contributed by atoms with Crippen LogP contribution in [0.5, 0.6) is 0 Å². The van der Waals surface area contributed by atoms with Crippen LogP contribution in [-0.2, 0) is 0 Å². The Morgan fingerprint density at radius 1 is 1.40 bits per heavy atom. The molecule has 0 atom stereocenters. The average Bonchev–Trinajstić information content (AvgIpc) is 2.13. The molecule has 52 valence electrons. The van der Waals surface area contributed by atoms with E-state index in [2.05, 4.69) is 47.4 Å². The Kier molecular flexibility index (Phi) is 2.93. The first-order chi connectivity index (χ1) is 4.83. The molecular weight excluding hydrogens is 235 g/mol. The van der Waals surface area contributed by atoms with Crippen molar-refractivity contribution in [3.63, 3.8) is 0 Å². The van der Waals surface area contributed by atoms with Gasteiger partial charge in [0.2, 0.25) is 0 Å². The summed E-state index contributed by atoms with van der Waals surface area (Å²) < 4.78 is 1.36. The number of rotatable bonds is 1. The van der Waals surface area contributed by atoms with Crippen molar-refractivity contribution in [2.45, 2.75) is 6.42 Å². The van der Waals surface area contributed by atoms with Crippen LogP contribution in [0.3, 0.4) is 0 Å². The molecule has 0 nitrogen and oxygen atoms in total. The van der Waals surface area contributed by atoms with Gasteiger partial charge in [0.1, 0.15) is 0 Å². The van der Waals surface area contributed by atoms with E-state index in [1.165, 1.54) is 9.15 Å². The maximum atomic E-state index is 3.73. The number of hydrogen-bond donors (Lipinski definition) is 0. The third kappa shape index (κ3) is 2.14. The van der Waals surface area contributed by atoms with Crippen molar-refractivity contribution in [2.24, 2.45) is 0 Å². The zero-order chi connectivity index (χ0) is 7.40. The van der Waals surface area contributed by atoms with Crippen LogP contribution in [0, 0.1) is 0 Å². The van der Waals surface area contributed by atoms with Crippen molar-refractivity contribution >= 4 is 22.6 Å². The van der Waals surface area contributed by atoms with Crippen LogP contribution in [0.1, 0.15) is 6.42 Å². The van der Waals surface area contributed by atoms with Gasteiger partial charge in [0.05, 0.1) is 0 Å². The van der Waals surface area contributed by atoms with E-state index in [0.29, 0.717) is 0 Å². The number of halogens is 1. The van der Waals surface area contributed by atoms with E-state index in [0.717, 1.165) is 6.42 Å². The zero-order valence-electron chi connectivity index (χ0n) is 5.68. The van der Waals surface area contributed by atoms with Gasteiger partial charge >= 0.3 is 0 Å². The lowest BCUT2D eigenvalue weighted by atomic mass is 10.2. The maximum absolute atomic E-state index is 3.73. The van der Waals surface area contributed by atoms with Crippen molar-refractivity contribution in [3.8, 4) is 0 Å². The Morgan fingerprint density at radius 2 is 2.10 bits per heavy atom. The highest BCUT2D eigenvalue weighted by molar-refractivity contribution is 14.1. The summed E-state index contributed by atoms with van der Waals surface area (Å²) in [5, 5.41) is 0. The lowest BCUT2D eigenvalue weighted by molar-refractivity contribution is 1.29. The van der Waals surface area contributed by atoms with Crippen LogP contribution < -0.4 is 0 Å². The zero-order valence-corrected chi connectivity index (χ0v) is 7.84. The Balaban J connectivity index is 2.81. The minimum absolute atomic E-state index is 1.02. The van der Waals surface area contributed by atoms with E-state index in [1.54, 1.807) is 0 Å². The van der Waals surface area contributed by atoms with E-state index >= 15 is 0 Å². The third-order valence-corrected chi connectivity index (χ3v) is 2.07. The molecule has 0 aromatic rings. The summed E-state index contributed by atoms with van der Waals surface area (Å²) in [6, 6.07) is 0. The summed E-state index contributed by atoms with van der Waals surface area (Å²) in [6.45, 7) is 3.73. The summed E-state index contributed by atoms with van der Waals surface area (Å²) in [4.78, 5) is 0. The molecule has 1 heteroatoms. The summed E-state index contributed by atoms with van der Waals surface area (Å²) >= 11 is 2.34. The highest BCUT2D eigenvalue weighted by Crippen LogP contribution is 2.20. The lowest BCUT2D eigenvalue weighted by Gasteiger charge is -1.95. The van der Waals surface area contributed by atoms with Gasteiger partial charge in [-0.1, -0.05) is 37.0 Å². The molecule has 0 aromatic heterocycles. The summed E-state index contributed by atoms with van der Waals surface area (Å²) in [7, 11) is 0. The molecule has 0 saturated carbocycles. The van der Waals surface area contributed by atoms with Crippen LogP contribution in [0.25, 0.3) is 0 Å². The minimum atomic E-state index is 1.02. The van der Waals surface area contributed by atoms with E-state index in [-0.39, 0.29) is 0 Å². The van der Waals surface area contributed by atoms with Crippen LogP contribution in [0.4, 0.5) is 0 Å². The predicted molar refractivity (Wildman–Crippen MR) is 54.1 cm³/mol. The molecule has 0 aliphatic heterocycles. The van der Waals surface area contributed by atoms with Gasteiger partial charge in [0.15, 0.2) is 0 Å². The Bertz CT molecular complexity index is 219. The monoisotopic (exact) mass is 244 g/mol. The average molecular weight is 244 g/mol. The number of allylic oxidation sites excluding steroid dienone is 7. The van der Waals surface area contributed by atoms with E-state index in [4.69, 9.17) is 0 Å². The van der Waals surface area contributed by atoms with Crippen molar-refractivity contribution in [1.82, 2.24) is 0 Å². The van der Waals surface area contributed by atoms with Gasteiger partial charge in [-0.3, -0.25) is 0 Å². The van der Waals surface area contributed by atoms with Crippen LogP contribution >= 0.6 is 22.6 Å². The second-order valence-corrected chi connectivity index (χ2v) is 3.51. The molecule has 0 saturated heterocycles. The highest BCUT2D eigenvalue weighted by Gasteiger charge is 1.95. The van der Waals surface area contributed by atoms with Crippen LogP contribution in [0.15, 0.2) is 46.1 Å². The number of hydrogen-bond acceptors (Lipinski definition) is 0. The largest absolute Gasteiger partial charge is 0.0988 e. The summed E-state index contributed by atoms with van der Waals surface area (Å²) in [6.07, 6.45) is 11.2. The molecule has 0 fully saturated rings. The molecule has 0 amide bonds. The normalized spacial score (nSPS) is 17.3. The van der Waals surface area contributed by atoms with E-state index in [9.17, 15) is 0 Å². The fourth-order valence-corrected chi connectivity index (χ4v) is 1.44. The topological polar surface area (TPSA) is 0 Å². The first-order valence-electron chi connectivity index (χ1n) is 3.17. The Labute approximate surface area is 75.2 Å². The second kappa shape index (κ2) is 3.76. The first-order valence-corrected chi connectivity index (χ1v) is 4.25. The van der Waals surface area contributed by atoms with Crippen LogP contribution in [-0.4, -0.2) is 0 Å². The predicted octanol–water partition coefficient (Wildman–Crippen LogP) is 3.38. The van der Waals surface area contributed by atoms with Gasteiger partial charge in [-0.15, -0.1) is 0 Å². The lowest BCUT2D eigenvalue weighted by Crippen LogP contribution is -1.74. The standard InChI is InChI=1S/C9H9I/c1-2-8-5-3-4-6-9(10)7-8/h2-6H,1,7H2. The molecule has 0 heterocycles. The van der Waals surface area contributed by atoms with Crippen molar-refractivity contribution < 1.29 is 0 Å². The molecule has 0 radical (unpaired) electrons. The molecular formula is C9H9I. The molecule has 1 aliphatic rings. The summed E-state index contributed by atoms with van der Waals surface area (Å²) in [5.41, 5.74) is 1.29. The highest BCUT2D eigenvalue weighted by atomic mass is 127. The quantitative estimate of drug-likeness (QED) is 0.620. The van der Waals surface area contributed by atoms with E-state index in [1.807, 2.05) is 12.2 Å². The van der Waals surface area contributed by atoms with Gasteiger partial charge in [0.25, 0.3) is 0 Å². The van der Waals surface area contributed by atoms with Gasteiger partial charge in [-0.05, 0) is 31.7 Å². The molecule has 1 aliphatic carbocycles. The molecule has 0 aromatic carbocycles. The third-order valence-electron chi connectivity index (χ3n) is 1.33. The fourth-order valence-electron chi connectivity index (χ4n) is 0.792. The van der Waals surface area contributed by atoms with Gasteiger partial charge in [-0.25, -0.2) is 0 Å². The molecule has 0 N–H and O–H groups in total. The smallest absolute Gasteiger partial charge is 0.00323 e. The van der Waals surface area contributed by atoms with Gasteiger partial charge < -0.3 is 0 Å². The minimum Gasteiger partial charge on any atom is -0.0988 e. The Morgan fingerprint density at radius 3 is 2.80 bits per heavy atom. The molecule has 1 rings (SSSR count). The summed E-state index contributed by atoms with van der Waals surface area (Å²) in [5.74, 6) is 0.